The van der Waals surface area contributed by atoms with Gasteiger partial charge in [-0.2, -0.15) is 0 Å². The first-order valence-corrected chi connectivity index (χ1v) is 26.2. The zero-order chi connectivity index (χ0) is 49.8. The highest BCUT2D eigenvalue weighted by Crippen LogP contribution is 2.56. The van der Waals surface area contributed by atoms with Gasteiger partial charge in [-0.05, 0) is 69.3 Å². The number of aromatic nitrogens is 4. The number of hydrogen-bond donors (Lipinski definition) is 4. The lowest BCUT2D eigenvalue weighted by Crippen LogP contribution is -2.01. The van der Waals surface area contributed by atoms with Crippen molar-refractivity contribution in [1.29, 1.82) is 0 Å². The molecular formula is C72H46N4. The Hall–Kier alpha value is -10.2. The SMILES string of the molecule is c1ccc(-c2ccccc2-c2ccccc2-c2cc(-c3cccc4c3[nH]c3ccccc34)c(-c3cccc4c3[nH]c3ccccc34)c(-c3cccc4c3[nH]c3ccccc34)c2-c2cccc3c2[nH]c2ccccc23)cc1. The second kappa shape index (κ2) is 16.7. The smallest absolute Gasteiger partial charge is 0.0544 e. The van der Waals surface area contributed by atoms with Crippen LogP contribution in [-0.2, 0) is 0 Å². The van der Waals surface area contributed by atoms with Gasteiger partial charge in [-0.25, -0.2) is 0 Å². The van der Waals surface area contributed by atoms with E-state index in [1.807, 2.05) is 0 Å². The van der Waals surface area contributed by atoms with E-state index in [4.69, 9.17) is 0 Å². The summed E-state index contributed by atoms with van der Waals surface area (Å²) in [5, 5.41) is 9.52. The Labute approximate surface area is 437 Å². The molecule has 4 heterocycles. The standard InChI is InChI=1S/C72H46N4/c1-2-20-43(21-3-1)44-22-4-5-23-45(44)46-24-6-7-25-47(46)60-42-61(56-34-16-30-52-48-26-8-12-38-62(48)73-69(52)56)67(58-36-18-32-54-50-28-10-14-40-64(50)75-71(54)58)68(59-37-19-33-55-51-29-11-15-41-65(51)76-72(55)59)66(60)57-35-17-31-53-49-27-9-13-39-63(49)74-70(53)57/h1-42,73-76H. The Morgan fingerprint density at radius 2 is 0.447 bits per heavy atom. The topological polar surface area (TPSA) is 63.2 Å². The fourth-order valence-corrected chi connectivity index (χ4v) is 12.8. The molecule has 16 aromatic rings. The maximum absolute atomic E-state index is 4.03. The van der Waals surface area contributed by atoms with Crippen molar-refractivity contribution in [2.75, 3.05) is 0 Å². The summed E-state index contributed by atoms with van der Waals surface area (Å²) in [6.45, 7) is 0. The summed E-state index contributed by atoms with van der Waals surface area (Å²) in [6, 6.07) is 93.7. The average molecular weight is 967 g/mol. The molecule has 4 N–H and O–H groups in total. The van der Waals surface area contributed by atoms with Gasteiger partial charge in [0.2, 0.25) is 0 Å². The number of rotatable bonds is 7. The van der Waals surface area contributed by atoms with Crippen molar-refractivity contribution >= 4 is 87.2 Å². The van der Waals surface area contributed by atoms with Gasteiger partial charge in [-0.15, -0.1) is 0 Å². The summed E-state index contributed by atoms with van der Waals surface area (Å²) < 4.78 is 0. The molecule has 76 heavy (non-hydrogen) atoms. The molecule has 0 amide bonds. The van der Waals surface area contributed by atoms with Crippen molar-refractivity contribution in [1.82, 2.24) is 19.9 Å². The quantitative estimate of drug-likeness (QED) is 0.123. The third-order valence-electron chi connectivity index (χ3n) is 16.1. The number of benzene rings is 12. The van der Waals surface area contributed by atoms with Crippen molar-refractivity contribution in [2.45, 2.75) is 0 Å². The lowest BCUT2D eigenvalue weighted by atomic mass is 9.76. The van der Waals surface area contributed by atoms with Gasteiger partial charge >= 0.3 is 0 Å². The molecule has 0 atom stereocenters. The van der Waals surface area contributed by atoms with Crippen molar-refractivity contribution in [3.8, 4) is 77.9 Å². The maximum atomic E-state index is 4.03. The van der Waals surface area contributed by atoms with E-state index in [1.165, 1.54) is 59.8 Å². The van der Waals surface area contributed by atoms with Crippen LogP contribution in [0.3, 0.4) is 0 Å². The largest absolute Gasteiger partial charge is 0.354 e. The van der Waals surface area contributed by atoms with Crippen molar-refractivity contribution in [2.24, 2.45) is 0 Å². The van der Waals surface area contributed by atoms with Crippen LogP contribution in [0.15, 0.2) is 255 Å². The average Bonchev–Trinajstić information content (AvgIpc) is 4.30. The monoisotopic (exact) mass is 966 g/mol. The molecule has 354 valence electrons. The zero-order valence-corrected chi connectivity index (χ0v) is 41.2. The fourth-order valence-electron chi connectivity index (χ4n) is 12.8. The maximum Gasteiger partial charge on any atom is 0.0544 e. The molecule has 4 aromatic heterocycles. The minimum atomic E-state index is 1.09. The second-order valence-electron chi connectivity index (χ2n) is 20.1. The van der Waals surface area contributed by atoms with Gasteiger partial charge in [0.05, 0.1) is 22.1 Å². The van der Waals surface area contributed by atoms with Gasteiger partial charge in [-0.1, -0.05) is 224 Å². The van der Waals surface area contributed by atoms with Crippen LogP contribution in [0.2, 0.25) is 0 Å². The summed E-state index contributed by atoms with van der Waals surface area (Å²) in [4.78, 5) is 16.0. The molecule has 0 radical (unpaired) electrons. The van der Waals surface area contributed by atoms with Crippen LogP contribution in [0, 0.1) is 0 Å². The van der Waals surface area contributed by atoms with Gasteiger partial charge in [0.15, 0.2) is 0 Å². The molecule has 4 nitrogen and oxygen atoms in total. The number of nitrogens with one attached hydrogen (secondary N) is 4. The number of para-hydroxylation sites is 8. The van der Waals surface area contributed by atoms with E-state index in [0.29, 0.717) is 0 Å². The first-order valence-electron chi connectivity index (χ1n) is 26.2. The van der Waals surface area contributed by atoms with E-state index >= 15 is 0 Å². The summed E-state index contributed by atoms with van der Waals surface area (Å²) >= 11 is 0. The van der Waals surface area contributed by atoms with Crippen LogP contribution in [0.5, 0.6) is 0 Å². The molecule has 0 aliphatic carbocycles. The fraction of sp³-hybridized carbons (Fsp3) is 0. The van der Waals surface area contributed by atoms with Crippen LogP contribution in [0.4, 0.5) is 0 Å². The first-order chi connectivity index (χ1) is 37.7. The Kier molecular flexibility index (Phi) is 9.30. The van der Waals surface area contributed by atoms with Crippen molar-refractivity contribution < 1.29 is 0 Å². The highest BCUT2D eigenvalue weighted by atomic mass is 14.7. The van der Waals surface area contributed by atoms with Crippen LogP contribution in [0.25, 0.3) is 165 Å². The van der Waals surface area contributed by atoms with Crippen LogP contribution >= 0.6 is 0 Å². The normalized spacial score (nSPS) is 11.9. The molecule has 4 heteroatoms. The molecule has 0 fully saturated rings. The van der Waals surface area contributed by atoms with Crippen LogP contribution < -0.4 is 0 Å². The van der Waals surface area contributed by atoms with Gasteiger partial charge in [0.1, 0.15) is 0 Å². The van der Waals surface area contributed by atoms with Gasteiger partial charge < -0.3 is 19.9 Å². The Morgan fingerprint density at radius 1 is 0.171 bits per heavy atom. The number of hydrogen-bond acceptors (Lipinski definition) is 0. The summed E-state index contributed by atoms with van der Waals surface area (Å²) in [7, 11) is 0. The molecule has 0 aliphatic heterocycles. The highest BCUT2D eigenvalue weighted by Gasteiger charge is 2.30. The zero-order valence-electron chi connectivity index (χ0n) is 41.2. The molecular weight excluding hydrogens is 921 g/mol. The number of fused-ring (bicyclic) bond motifs is 12. The Bertz CT molecular complexity index is 5000. The Morgan fingerprint density at radius 3 is 0.882 bits per heavy atom. The van der Waals surface area contributed by atoms with E-state index < -0.39 is 0 Å². The van der Waals surface area contributed by atoms with Crippen LogP contribution in [-0.4, -0.2) is 19.9 Å². The third kappa shape index (κ3) is 6.31. The number of aromatic amines is 4. The summed E-state index contributed by atoms with van der Waals surface area (Å²) in [5.41, 5.74) is 24.8. The lowest BCUT2D eigenvalue weighted by molar-refractivity contribution is 1.49. The minimum Gasteiger partial charge on any atom is -0.354 e. The molecule has 0 saturated heterocycles. The molecule has 0 bridgehead atoms. The van der Waals surface area contributed by atoms with E-state index in [9.17, 15) is 0 Å². The summed E-state index contributed by atoms with van der Waals surface area (Å²) in [5.74, 6) is 0. The molecule has 0 unspecified atom stereocenters. The number of H-pyrrole nitrogens is 4. The first kappa shape index (κ1) is 42.4. The van der Waals surface area contributed by atoms with E-state index in [-0.39, 0.29) is 0 Å². The third-order valence-corrected chi connectivity index (χ3v) is 16.1. The second-order valence-corrected chi connectivity index (χ2v) is 20.1. The lowest BCUT2D eigenvalue weighted by Gasteiger charge is -2.26. The van der Waals surface area contributed by atoms with E-state index in [1.54, 1.807) is 0 Å². The predicted molar refractivity (Wildman–Crippen MR) is 322 cm³/mol. The van der Waals surface area contributed by atoms with Crippen LogP contribution in [0.1, 0.15) is 0 Å². The Balaban J connectivity index is 1.17. The molecule has 12 aromatic carbocycles. The van der Waals surface area contributed by atoms with Gasteiger partial charge in [-0.3, -0.25) is 0 Å². The van der Waals surface area contributed by atoms with E-state index in [0.717, 1.165) is 105 Å². The van der Waals surface area contributed by atoms with Gasteiger partial charge in [0, 0.05) is 104 Å². The minimum absolute atomic E-state index is 1.09. The highest BCUT2D eigenvalue weighted by molar-refractivity contribution is 6.24. The van der Waals surface area contributed by atoms with E-state index in [2.05, 4.69) is 275 Å². The molecule has 0 aliphatic rings. The summed E-state index contributed by atoms with van der Waals surface area (Å²) in [6.07, 6.45) is 0. The molecule has 0 spiro atoms. The van der Waals surface area contributed by atoms with Crippen molar-refractivity contribution in [3.63, 3.8) is 0 Å². The predicted octanol–water partition coefficient (Wildman–Crippen LogP) is 19.9. The molecule has 0 saturated carbocycles. The van der Waals surface area contributed by atoms with Gasteiger partial charge in [0.25, 0.3) is 0 Å². The van der Waals surface area contributed by atoms with Crippen molar-refractivity contribution in [3.05, 3.63) is 255 Å². The molecule has 16 rings (SSSR count).